The summed E-state index contributed by atoms with van der Waals surface area (Å²) in [7, 11) is 3.70. The van der Waals surface area contributed by atoms with E-state index in [4.69, 9.17) is 4.74 Å². The first kappa shape index (κ1) is 17.3. The quantitative estimate of drug-likeness (QED) is 0.880. The van der Waals surface area contributed by atoms with Gasteiger partial charge in [-0.15, -0.1) is 0 Å². The van der Waals surface area contributed by atoms with E-state index in [0.29, 0.717) is 24.5 Å². The number of fused-ring (bicyclic) bond motifs is 1. The lowest BCUT2D eigenvalue weighted by atomic mass is 10.0. The highest BCUT2D eigenvalue weighted by atomic mass is 16.5. The molecule has 6 nitrogen and oxygen atoms in total. The Morgan fingerprint density at radius 2 is 2.17 bits per heavy atom. The lowest BCUT2D eigenvalue weighted by molar-refractivity contribution is -0.129. The van der Waals surface area contributed by atoms with Crippen molar-refractivity contribution >= 4 is 17.5 Å². The Morgan fingerprint density at radius 1 is 1.43 bits per heavy atom. The number of likely N-dealkylation sites (N-methyl/N-ethyl adjacent to an activating group) is 2. The fourth-order valence-corrected chi connectivity index (χ4v) is 2.79. The molecule has 2 rings (SSSR count). The monoisotopic (exact) mass is 319 g/mol. The van der Waals surface area contributed by atoms with Gasteiger partial charge in [-0.1, -0.05) is 6.92 Å². The van der Waals surface area contributed by atoms with Crippen LogP contribution in [0.4, 0.5) is 5.69 Å². The fraction of sp³-hybridized carbons (Fsp3) is 0.529. The maximum Gasteiger partial charge on any atom is 0.226 e. The zero-order valence-electron chi connectivity index (χ0n) is 14.2. The zero-order chi connectivity index (χ0) is 17.0. The minimum atomic E-state index is -0.140. The van der Waals surface area contributed by atoms with Gasteiger partial charge < -0.3 is 20.3 Å². The van der Waals surface area contributed by atoms with Gasteiger partial charge in [0.25, 0.3) is 0 Å². The van der Waals surface area contributed by atoms with Crippen LogP contribution in [0.3, 0.4) is 0 Å². The normalized spacial score (nSPS) is 21.6. The standard InChI is InChI=1S/C17H25N3O3/c1-11-10-20(4)17(22)8-13-7-14(19-12(2)21)5-6-15(13)23-16(11)9-18-3/h5-7,11,16,18H,8-10H2,1-4H3,(H,19,21)/t11-,16-/m1/s1. The molecule has 1 heterocycles. The molecule has 23 heavy (non-hydrogen) atoms. The third-order valence-corrected chi connectivity index (χ3v) is 4.03. The van der Waals surface area contributed by atoms with Crippen LogP contribution in [0.15, 0.2) is 18.2 Å². The molecular formula is C17H25N3O3. The maximum absolute atomic E-state index is 12.4. The molecule has 0 aromatic heterocycles. The van der Waals surface area contributed by atoms with Crippen molar-refractivity contribution in [2.45, 2.75) is 26.4 Å². The van der Waals surface area contributed by atoms with Gasteiger partial charge in [-0.05, 0) is 25.2 Å². The fourth-order valence-electron chi connectivity index (χ4n) is 2.79. The number of hydrogen-bond acceptors (Lipinski definition) is 4. The Balaban J connectivity index is 2.37. The molecular weight excluding hydrogens is 294 g/mol. The van der Waals surface area contributed by atoms with Crippen molar-refractivity contribution < 1.29 is 14.3 Å². The number of rotatable bonds is 3. The first-order chi connectivity index (χ1) is 10.9. The highest BCUT2D eigenvalue weighted by molar-refractivity contribution is 5.89. The second-order valence-corrected chi connectivity index (χ2v) is 6.15. The van der Waals surface area contributed by atoms with Crippen LogP contribution in [-0.4, -0.2) is 50.0 Å². The van der Waals surface area contributed by atoms with Crippen molar-refractivity contribution in [3.63, 3.8) is 0 Å². The zero-order valence-corrected chi connectivity index (χ0v) is 14.2. The molecule has 0 unspecified atom stereocenters. The molecule has 2 N–H and O–H groups in total. The topological polar surface area (TPSA) is 70.7 Å². The summed E-state index contributed by atoms with van der Waals surface area (Å²) in [6.07, 6.45) is 0.233. The number of nitrogens with one attached hydrogen (secondary N) is 2. The molecule has 0 fully saturated rings. The SMILES string of the molecule is CNC[C@H]1Oc2ccc(NC(C)=O)cc2CC(=O)N(C)C[C@H]1C. The Labute approximate surface area is 137 Å². The van der Waals surface area contributed by atoms with Crippen LogP contribution >= 0.6 is 0 Å². The van der Waals surface area contributed by atoms with Gasteiger partial charge in [0.1, 0.15) is 11.9 Å². The van der Waals surface area contributed by atoms with E-state index < -0.39 is 0 Å². The Hall–Kier alpha value is -2.08. The number of ether oxygens (including phenoxy) is 1. The van der Waals surface area contributed by atoms with Gasteiger partial charge in [-0.3, -0.25) is 9.59 Å². The molecule has 1 aliphatic rings. The van der Waals surface area contributed by atoms with Crippen LogP contribution in [0, 0.1) is 5.92 Å². The minimum absolute atomic E-state index is 0.0290. The van der Waals surface area contributed by atoms with Gasteiger partial charge in [-0.25, -0.2) is 0 Å². The Morgan fingerprint density at radius 3 is 2.83 bits per heavy atom. The van der Waals surface area contributed by atoms with E-state index in [-0.39, 0.29) is 30.3 Å². The van der Waals surface area contributed by atoms with Crippen molar-refractivity contribution in [2.75, 3.05) is 32.5 Å². The summed E-state index contributed by atoms with van der Waals surface area (Å²) in [6.45, 7) is 4.90. The van der Waals surface area contributed by atoms with E-state index in [9.17, 15) is 9.59 Å². The van der Waals surface area contributed by atoms with Crippen LogP contribution < -0.4 is 15.4 Å². The number of hydrogen-bond donors (Lipinski definition) is 2. The van der Waals surface area contributed by atoms with E-state index in [1.807, 2.05) is 26.2 Å². The van der Waals surface area contributed by atoms with E-state index in [1.54, 1.807) is 11.0 Å². The Kier molecular flexibility index (Phi) is 5.60. The summed E-state index contributed by atoms with van der Waals surface area (Å²) < 4.78 is 6.17. The van der Waals surface area contributed by atoms with Gasteiger partial charge in [-0.2, -0.15) is 0 Å². The number of carbonyl (C=O) groups is 2. The van der Waals surface area contributed by atoms with Crippen LogP contribution in [0.25, 0.3) is 0 Å². The summed E-state index contributed by atoms with van der Waals surface area (Å²) in [5.41, 5.74) is 1.47. The third kappa shape index (κ3) is 4.45. The first-order valence-corrected chi connectivity index (χ1v) is 7.86. The van der Waals surface area contributed by atoms with E-state index in [1.165, 1.54) is 6.92 Å². The van der Waals surface area contributed by atoms with Crippen molar-refractivity contribution in [3.05, 3.63) is 23.8 Å². The average molecular weight is 319 g/mol. The summed E-state index contributed by atoms with van der Waals surface area (Å²) in [4.78, 5) is 25.4. The van der Waals surface area contributed by atoms with Gasteiger partial charge >= 0.3 is 0 Å². The molecule has 2 atom stereocenters. The Bertz CT molecular complexity index is 588. The summed E-state index contributed by atoms with van der Waals surface area (Å²) >= 11 is 0. The molecule has 0 aliphatic carbocycles. The van der Waals surface area contributed by atoms with E-state index >= 15 is 0 Å². The van der Waals surface area contributed by atoms with Crippen molar-refractivity contribution in [3.8, 4) is 5.75 Å². The van der Waals surface area contributed by atoms with Crippen molar-refractivity contribution in [1.29, 1.82) is 0 Å². The molecule has 1 aromatic rings. The van der Waals surface area contributed by atoms with Crippen LogP contribution in [0.5, 0.6) is 5.75 Å². The number of carbonyl (C=O) groups excluding carboxylic acids is 2. The highest BCUT2D eigenvalue weighted by Crippen LogP contribution is 2.28. The van der Waals surface area contributed by atoms with Gasteiger partial charge in [0.15, 0.2) is 0 Å². The van der Waals surface area contributed by atoms with Crippen molar-refractivity contribution in [2.24, 2.45) is 5.92 Å². The molecule has 1 aromatic carbocycles. The third-order valence-electron chi connectivity index (χ3n) is 4.03. The smallest absolute Gasteiger partial charge is 0.226 e. The molecule has 126 valence electrons. The van der Waals surface area contributed by atoms with Crippen molar-refractivity contribution in [1.82, 2.24) is 10.2 Å². The molecule has 0 bridgehead atoms. The van der Waals surface area contributed by atoms with Gasteiger partial charge in [0, 0.05) is 44.2 Å². The molecule has 0 saturated heterocycles. The van der Waals surface area contributed by atoms with Crippen LogP contribution in [-0.2, 0) is 16.0 Å². The maximum atomic E-state index is 12.4. The second-order valence-electron chi connectivity index (χ2n) is 6.15. The second kappa shape index (κ2) is 7.46. The van der Waals surface area contributed by atoms with Gasteiger partial charge in [0.2, 0.25) is 11.8 Å². The number of nitrogens with zero attached hydrogens (tertiary/aromatic N) is 1. The summed E-state index contributed by atoms with van der Waals surface area (Å²) in [6, 6.07) is 5.44. The average Bonchev–Trinajstić information content (AvgIpc) is 2.51. The number of benzene rings is 1. The van der Waals surface area contributed by atoms with E-state index in [0.717, 1.165) is 5.56 Å². The highest BCUT2D eigenvalue weighted by Gasteiger charge is 2.26. The van der Waals surface area contributed by atoms with Crippen LogP contribution in [0.2, 0.25) is 0 Å². The minimum Gasteiger partial charge on any atom is -0.488 e. The lowest BCUT2D eigenvalue weighted by Gasteiger charge is -2.27. The lowest BCUT2D eigenvalue weighted by Crippen LogP contribution is -2.41. The first-order valence-electron chi connectivity index (χ1n) is 7.86. The number of anilines is 1. The molecule has 6 heteroatoms. The number of amides is 2. The summed E-state index contributed by atoms with van der Waals surface area (Å²) in [5.74, 6) is 0.818. The van der Waals surface area contributed by atoms with Crippen LogP contribution in [0.1, 0.15) is 19.4 Å². The molecule has 0 spiro atoms. The van der Waals surface area contributed by atoms with E-state index in [2.05, 4.69) is 17.6 Å². The largest absolute Gasteiger partial charge is 0.488 e. The molecule has 2 amide bonds. The van der Waals surface area contributed by atoms with Gasteiger partial charge in [0.05, 0.1) is 6.42 Å². The molecule has 0 radical (unpaired) electrons. The molecule has 0 saturated carbocycles. The molecule has 1 aliphatic heterocycles. The predicted octanol–water partition coefficient (Wildman–Crippen LogP) is 1.26. The predicted molar refractivity (Wildman–Crippen MR) is 89.6 cm³/mol. The summed E-state index contributed by atoms with van der Waals surface area (Å²) in [5, 5.41) is 5.89.